The van der Waals surface area contributed by atoms with Crippen molar-refractivity contribution in [1.82, 2.24) is 9.88 Å². The van der Waals surface area contributed by atoms with E-state index in [9.17, 15) is 9.59 Å². The van der Waals surface area contributed by atoms with Crippen LogP contribution in [0.5, 0.6) is 0 Å². The number of benzene rings is 1. The van der Waals surface area contributed by atoms with E-state index in [2.05, 4.69) is 10.3 Å². The van der Waals surface area contributed by atoms with Crippen LogP contribution in [-0.4, -0.2) is 21.7 Å². The van der Waals surface area contributed by atoms with Gasteiger partial charge in [0.15, 0.2) is 5.13 Å². The number of carbonyl (C=O) groups excluding carboxylic acids is 2. The van der Waals surface area contributed by atoms with Crippen LogP contribution >= 0.6 is 11.3 Å². The minimum absolute atomic E-state index is 0.0752. The van der Waals surface area contributed by atoms with Gasteiger partial charge in [0.05, 0.1) is 18.2 Å². The number of hydrogen-bond donors (Lipinski definition) is 1. The van der Waals surface area contributed by atoms with Gasteiger partial charge in [-0.25, -0.2) is 4.98 Å². The molecule has 1 fully saturated rings. The highest BCUT2D eigenvalue weighted by atomic mass is 32.1. The fraction of sp³-hybridized carbons (Fsp3) is 0.316. The van der Waals surface area contributed by atoms with Gasteiger partial charge in [-0.2, -0.15) is 0 Å². The van der Waals surface area contributed by atoms with Crippen molar-refractivity contribution in [3.63, 3.8) is 0 Å². The normalized spacial score (nSPS) is 18.8. The number of rotatable bonds is 4. The average Bonchev–Trinajstić information content (AvgIpc) is 3.35. The molecule has 25 heavy (non-hydrogen) atoms. The summed E-state index contributed by atoms with van der Waals surface area (Å²) in [5.41, 5.74) is 3.12. The number of anilines is 1. The summed E-state index contributed by atoms with van der Waals surface area (Å²) in [5.74, 6) is 0.373. The third kappa shape index (κ3) is 3.35. The first kappa shape index (κ1) is 16.0. The lowest BCUT2D eigenvalue weighted by atomic mass is 9.93. The van der Waals surface area contributed by atoms with Crippen molar-refractivity contribution in [2.24, 2.45) is 0 Å². The van der Waals surface area contributed by atoms with E-state index in [0.717, 1.165) is 16.8 Å². The molecule has 1 aliphatic carbocycles. The van der Waals surface area contributed by atoms with Gasteiger partial charge in [-0.3, -0.25) is 9.59 Å². The summed E-state index contributed by atoms with van der Waals surface area (Å²) >= 11 is 1.46. The molecule has 1 aromatic heterocycles. The molecule has 2 aliphatic rings. The Balaban J connectivity index is 1.51. The van der Waals surface area contributed by atoms with Crippen molar-refractivity contribution in [2.75, 3.05) is 5.32 Å². The molecule has 1 saturated carbocycles. The van der Waals surface area contributed by atoms with Crippen LogP contribution in [-0.2, 0) is 9.59 Å². The quantitative estimate of drug-likeness (QED) is 0.906. The lowest BCUT2D eigenvalue weighted by molar-refractivity contribution is -0.129. The minimum Gasteiger partial charge on any atom is -0.311 e. The van der Waals surface area contributed by atoms with Crippen molar-refractivity contribution >= 4 is 34.4 Å². The number of hydrogen-bond acceptors (Lipinski definition) is 4. The first-order valence-corrected chi connectivity index (χ1v) is 9.31. The Morgan fingerprint density at radius 3 is 2.88 bits per heavy atom. The fourth-order valence-electron chi connectivity index (χ4n) is 3.17. The lowest BCUT2D eigenvalue weighted by Crippen LogP contribution is -2.33. The fourth-order valence-corrected chi connectivity index (χ4v) is 3.98. The maximum atomic E-state index is 12.5. The summed E-state index contributed by atoms with van der Waals surface area (Å²) in [7, 11) is 0. The molecular weight excluding hydrogens is 334 g/mol. The molecule has 2 aromatic rings. The van der Waals surface area contributed by atoms with Crippen molar-refractivity contribution in [3.05, 3.63) is 52.7 Å². The first-order chi connectivity index (χ1) is 12.1. The molecule has 0 saturated heterocycles. The molecule has 1 N–H and O–H groups in total. The van der Waals surface area contributed by atoms with Crippen LogP contribution in [0.3, 0.4) is 0 Å². The van der Waals surface area contributed by atoms with Gasteiger partial charge in [-0.05, 0) is 30.0 Å². The number of thiazole rings is 1. The predicted molar refractivity (Wildman–Crippen MR) is 98.1 cm³/mol. The molecular formula is C19H19N3O2S. The Hall–Kier alpha value is -2.47. The number of nitrogens with one attached hydrogen (secondary N) is 1. The average molecular weight is 353 g/mol. The molecule has 2 heterocycles. The van der Waals surface area contributed by atoms with Crippen molar-refractivity contribution in [1.29, 1.82) is 0 Å². The monoisotopic (exact) mass is 353 g/mol. The molecule has 128 valence electrons. The highest BCUT2D eigenvalue weighted by Crippen LogP contribution is 2.41. The van der Waals surface area contributed by atoms with Gasteiger partial charge in [0.25, 0.3) is 0 Å². The van der Waals surface area contributed by atoms with Crippen LogP contribution in [0.15, 0.2) is 35.8 Å². The van der Waals surface area contributed by atoms with Crippen molar-refractivity contribution in [2.45, 2.75) is 38.1 Å². The minimum atomic E-state index is -0.290. The Morgan fingerprint density at radius 1 is 1.32 bits per heavy atom. The van der Waals surface area contributed by atoms with E-state index in [1.807, 2.05) is 35.7 Å². The zero-order valence-electron chi connectivity index (χ0n) is 13.9. The van der Waals surface area contributed by atoms with Crippen LogP contribution in [0.25, 0.3) is 6.08 Å². The molecule has 0 radical (unpaired) electrons. The van der Waals surface area contributed by atoms with Crippen molar-refractivity contribution in [3.8, 4) is 0 Å². The number of amides is 2. The molecule has 1 aromatic carbocycles. The number of nitrogens with zero attached hydrogens (tertiary/aromatic N) is 2. The topological polar surface area (TPSA) is 62.3 Å². The predicted octanol–water partition coefficient (Wildman–Crippen LogP) is 3.92. The summed E-state index contributed by atoms with van der Waals surface area (Å²) in [6, 6.07) is 7.57. The second kappa shape index (κ2) is 6.44. The molecule has 0 bridgehead atoms. The molecule has 4 rings (SSSR count). The van der Waals surface area contributed by atoms with Gasteiger partial charge >= 0.3 is 0 Å². The molecule has 0 spiro atoms. The molecule has 1 atom stereocenters. The van der Waals surface area contributed by atoms with Gasteiger partial charge in [0.1, 0.15) is 0 Å². The summed E-state index contributed by atoms with van der Waals surface area (Å²) in [6.07, 6.45) is 6.26. The van der Waals surface area contributed by atoms with Gasteiger partial charge < -0.3 is 10.2 Å². The largest absolute Gasteiger partial charge is 0.311 e. The summed E-state index contributed by atoms with van der Waals surface area (Å²) in [4.78, 5) is 30.6. The first-order valence-electron chi connectivity index (χ1n) is 8.43. The second-order valence-corrected chi connectivity index (χ2v) is 7.35. The highest BCUT2D eigenvalue weighted by molar-refractivity contribution is 7.13. The number of fused-ring (bicyclic) bond motifs is 1. The summed E-state index contributed by atoms with van der Waals surface area (Å²) in [5, 5.41) is 5.55. The van der Waals surface area contributed by atoms with E-state index in [1.165, 1.54) is 31.1 Å². The van der Waals surface area contributed by atoms with E-state index in [0.29, 0.717) is 11.0 Å². The second-order valence-electron chi connectivity index (χ2n) is 6.49. The van der Waals surface area contributed by atoms with Gasteiger partial charge in [0, 0.05) is 24.4 Å². The van der Waals surface area contributed by atoms with E-state index in [1.54, 1.807) is 11.1 Å². The van der Waals surface area contributed by atoms with E-state index < -0.39 is 0 Å². The Labute approximate surface area is 150 Å². The number of carbonyl (C=O) groups is 2. The van der Waals surface area contributed by atoms with Gasteiger partial charge in [-0.15, -0.1) is 11.3 Å². The number of aromatic nitrogens is 1. The standard InChI is InChI=1S/C19H19N3O2S/c1-12(23)22-9-8-13-4-2-3-5-15(13)17(22)10-18(24)21-19-20-16(11-25-19)14-6-7-14/h2-5,8-9,11,14,17H,6-7,10H2,1H3,(H,20,21,24). The SMILES string of the molecule is CC(=O)N1C=Cc2ccccc2C1CC(=O)Nc1nc(C2CC2)cs1. The van der Waals surface area contributed by atoms with Crippen LogP contribution in [0.2, 0.25) is 0 Å². The summed E-state index contributed by atoms with van der Waals surface area (Å²) in [6.45, 7) is 1.52. The highest BCUT2D eigenvalue weighted by Gasteiger charge is 2.29. The third-order valence-electron chi connectivity index (χ3n) is 4.61. The zero-order chi connectivity index (χ0) is 17.4. The van der Waals surface area contributed by atoms with E-state index in [-0.39, 0.29) is 24.3 Å². The maximum absolute atomic E-state index is 12.5. The Kier molecular flexibility index (Phi) is 4.13. The smallest absolute Gasteiger partial charge is 0.228 e. The Bertz CT molecular complexity index is 854. The zero-order valence-corrected chi connectivity index (χ0v) is 14.8. The van der Waals surface area contributed by atoms with Crippen molar-refractivity contribution < 1.29 is 9.59 Å². The van der Waals surface area contributed by atoms with Crippen LogP contribution in [0.1, 0.15) is 55.0 Å². The van der Waals surface area contributed by atoms with E-state index >= 15 is 0 Å². The molecule has 1 unspecified atom stereocenters. The van der Waals surface area contributed by atoms with Crippen LogP contribution in [0, 0.1) is 0 Å². The maximum Gasteiger partial charge on any atom is 0.228 e. The molecule has 1 aliphatic heterocycles. The lowest BCUT2D eigenvalue weighted by Gasteiger charge is -2.32. The van der Waals surface area contributed by atoms with Crippen LogP contribution < -0.4 is 5.32 Å². The van der Waals surface area contributed by atoms with Crippen LogP contribution in [0.4, 0.5) is 5.13 Å². The van der Waals surface area contributed by atoms with Gasteiger partial charge in [0.2, 0.25) is 11.8 Å². The van der Waals surface area contributed by atoms with E-state index in [4.69, 9.17) is 0 Å². The molecule has 6 heteroatoms. The molecule has 2 amide bonds. The Morgan fingerprint density at radius 2 is 2.12 bits per heavy atom. The van der Waals surface area contributed by atoms with Gasteiger partial charge in [-0.1, -0.05) is 24.3 Å². The third-order valence-corrected chi connectivity index (χ3v) is 5.39. The molecule has 5 nitrogen and oxygen atoms in total. The summed E-state index contributed by atoms with van der Waals surface area (Å²) < 4.78 is 0.